The smallest absolute Gasteiger partial charge is 0.305 e. The zero-order valence-electron chi connectivity index (χ0n) is 23.0. The van der Waals surface area contributed by atoms with E-state index in [1.165, 1.54) is 23.8 Å². The third kappa shape index (κ3) is 5.10. The van der Waals surface area contributed by atoms with E-state index in [0.717, 1.165) is 22.5 Å². The van der Waals surface area contributed by atoms with E-state index in [1.54, 1.807) is 30.3 Å². The van der Waals surface area contributed by atoms with Gasteiger partial charge >= 0.3 is 4.87 Å². The van der Waals surface area contributed by atoms with Gasteiger partial charge in [0.05, 0.1) is 23.7 Å². The first-order valence-electron chi connectivity index (χ1n) is 13.2. The van der Waals surface area contributed by atoms with Crippen LogP contribution in [0.2, 0.25) is 0 Å². The number of H-pyrrole nitrogens is 1. The Morgan fingerprint density at radius 1 is 0.929 bits per heavy atom. The van der Waals surface area contributed by atoms with Crippen molar-refractivity contribution in [2.45, 2.75) is 30.0 Å². The normalized spacial score (nSPS) is 19.3. The summed E-state index contributed by atoms with van der Waals surface area (Å²) < 4.78 is 11.4. The zero-order valence-corrected chi connectivity index (χ0v) is 24.6. The van der Waals surface area contributed by atoms with Crippen LogP contribution in [-0.2, 0) is 14.4 Å². The summed E-state index contributed by atoms with van der Waals surface area (Å²) in [6, 6.07) is 19.9. The molecule has 3 atom stereocenters. The summed E-state index contributed by atoms with van der Waals surface area (Å²) in [5.74, 6) is -1.53. The number of thioether (sulfide) groups is 1. The van der Waals surface area contributed by atoms with E-state index in [-0.39, 0.29) is 29.2 Å². The highest BCUT2D eigenvalue weighted by Gasteiger charge is 2.56. The summed E-state index contributed by atoms with van der Waals surface area (Å²) in [6.07, 6.45) is 0. The van der Waals surface area contributed by atoms with Crippen LogP contribution in [0, 0.1) is 19.8 Å². The number of aromatic amines is 1. The molecule has 0 spiro atoms. The molecule has 214 valence electrons. The van der Waals surface area contributed by atoms with Gasteiger partial charge in [-0.2, -0.15) is 0 Å². The van der Waals surface area contributed by atoms with Crippen molar-refractivity contribution in [3.63, 3.8) is 0 Å². The Morgan fingerprint density at radius 3 is 2.31 bits per heavy atom. The second-order valence-corrected chi connectivity index (χ2v) is 12.4. The van der Waals surface area contributed by atoms with Crippen molar-refractivity contribution < 1.29 is 23.9 Å². The van der Waals surface area contributed by atoms with Crippen LogP contribution in [0.4, 0.5) is 11.4 Å². The molecule has 3 unspecified atom stereocenters. The number of rotatable bonds is 7. The number of aromatic nitrogens is 1. The van der Waals surface area contributed by atoms with Crippen molar-refractivity contribution in [3.8, 4) is 11.5 Å². The Morgan fingerprint density at radius 2 is 1.62 bits per heavy atom. The Labute approximate surface area is 249 Å². The maximum Gasteiger partial charge on any atom is 0.305 e. The first-order chi connectivity index (χ1) is 20.2. The molecule has 3 heterocycles. The molecule has 4 aromatic rings. The molecule has 11 heteroatoms. The van der Waals surface area contributed by atoms with Gasteiger partial charge in [-0.25, -0.2) is 4.90 Å². The Kier molecular flexibility index (Phi) is 7.38. The topological polar surface area (TPSA) is 118 Å². The molecule has 3 aromatic carbocycles. The number of amides is 3. The first kappa shape index (κ1) is 27.8. The largest absolute Gasteiger partial charge is 0.493 e. The zero-order chi connectivity index (χ0) is 29.5. The minimum atomic E-state index is -0.723. The van der Waals surface area contributed by atoms with Crippen molar-refractivity contribution in [2.75, 3.05) is 23.9 Å². The van der Waals surface area contributed by atoms with E-state index in [9.17, 15) is 19.2 Å². The fourth-order valence-corrected chi connectivity index (χ4v) is 7.81. The molecule has 0 aliphatic carbocycles. The van der Waals surface area contributed by atoms with Crippen LogP contribution in [0.15, 0.2) is 76.6 Å². The number of nitrogens with one attached hydrogen (secondary N) is 2. The fraction of sp³-hybridized carbons (Fsp3) is 0.226. The van der Waals surface area contributed by atoms with Gasteiger partial charge in [-0.05, 0) is 55.8 Å². The average Bonchev–Trinajstić information content (AvgIpc) is 3.47. The maximum atomic E-state index is 13.9. The number of fused-ring (bicyclic) bond motifs is 2. The number of carbonyl (C=O) groups is 3. The molecule has 42 heavy (non-hydrogen) atoms. The number of ether oxygens (including phenoxy) is 2. The molecule has 0 saturated carbocycles. The van der Waals surface area contributed by atoms with Crippen LogP contribution in [-0.4, -0.2) is 41.7 Å². The van der Waals surface area contributed by atoms with E-state index in [2.05, 4.69) is 10.3 Å². The minimum absolute atomic E-state index is 0.240. The molecular formula is C31H27N3O6S2. The van der Waals surface area contributed by atoms with E-state index in [4.69, 9.17) is 9.47 Å². The highest BCUT2D eigenvalue weighted by atomic mass is 32.2. The van der Waals surface area contributed by atoms with Gasteiger partial charge in [0.15, 0.2) is 18.1 Å². The SMILES string of the molecule is COc1cc(C2c3sc(=O)[nH]c3SC3C(=O)N(c4ccc(C)cc4)C(=O)C32)ccc1OCC(=O)Nc1ccc(C)cc1. The van der Waals surface area contributed by atoms with Gasteiger partial charge in [-0.1, -0.05) is 64.6 Å². The van der Waals surface area contributed by atoms with Gasteiger partial charge in [0.1, 0.15) is 5.25 Å². The number of imide groups is 1. The third-order valence-corrected chi connectivity index (χ3v) is 9.76. The summed E-state index contributed by atoms with van der Waals surface area (Å²) in [5.41, 5.74) is 3.98. The molecule has 3 amide bonds. The van der Waals surface area contributed by atoms with Crippen LogP contribution < -0.4 is 24.6 Å². The number of hydrogen-bond donors (Lipinski definition) is 2. The Balaban J connectivity index is 1.29. The van der Waals surface area contributed by atoms with Crippen molar-refractivity contribution >= 4 is 52.2 Å². The van der Waals surface area contributed by atoms with Crippen molar-refractivity contribution in [2.24, 2.45) is 5.92 Å². The molecule has 9 nitrogen and oxygen atoms in total. The number of benzene rings is 3. The highest BCUT2D eigenvalue weighted by molar-refractivity contribution is 8.00. The number of methoxy groups -OCH3 is 1. The van der Waals surface area contributed by atoms with Gasteiger partial charge < -0.3 is 19.8 Å². The van der Waals surface area contributed by atoms with Gasteiger partial charge in [0.2, 0.25) is 11.8 Å². The molecule has 0 radical (unpaired) electrons. The number of thiazole rings is 1. The molecule has 2 aliphatic rings. The first-order valence-corrected chi connectivity index (χ1v) is 14.9. The number of hydrogen-bond acceptors (Lipinski definition) is 8. The molecule has 2 aliphatic heterocycles. The molecule has 1 aromatic heterocycles. The summed E-state index contributed by atoms with van der Waals surface area (Å²) in [6.45, 7) is 3.67. The van der Waals surface area contributed by atoms with Crippen LogP contribution in [0.5, 0.6) is 11.5 Å². The predicted octanol–water partition coefficient (Wildman–Crippen LogP) is 4.88. The van der Waals surface area contributed by atoms with E-state index in [1.807, 2.05) is 50.2 Å². The lowest BCUT2D eigenvalue weighted by Gasteiger charge is -2.30. The molecule has 2 N–H and O–H groups in total. The van der Waals surface area contributed by atoms with E-state index < -0.39 is 17.1 Å². The average molecular weight is 602 g/mol. The lowest BCUT2D eigenvalue weighted by Crippen LogP contribution is -2.32. The number of aryl methyl sites for hydroxylation is 2. The second-order valence-electron chi connectivity index (χ2n) is 10.2. The fourth-order valence-electron chi connectivity index (χ4n) is 5.30. The van der Waals surface area contributed by atoms with Crippen molar-refractivity contribution in [3.05, 3.63) is 98.0 Å². The van der Waals surface area contributed by atoms with Gasteiger partial charge in [0, 0.05) is 16.5 Å². The van der Waals surface area contributed by atoms with E-state index in [0.29, 0.717) is 38.3 Å². The van der Waals surface area contributed by atoms with Crippen LogP contribution >= 0.6 is 23.1 Å². The molecular weight excluding hydrogens is 574 g/mol. The highest BCUT2D eigenvalue weighted by Crippen LogP contribution is 2.53. The van der Waals surface area contributed by atoms with Crippen LogP contribution in [0.25, 0.3) is 0 Å². The second kappa shape index (κ2) is 11.1. The summed E-state index contributed by atoms with van der Waals surface area (Å²) >= 11 is 2.27. The lowest BCUT2D eigenvalue weighted by molar-refractivity contribution is -0.122. The van der Waals surface area contributed by atoms with Crippen molar-refractivity contribution in [1.29, 1.82) is 0 Å². The standard InChI is InChI=1S/C31H27N3O6S2/c1-16-4-9-19(10-5-16)32-23(35)15-40-21-13-8-18(14-22(21)39-3)24-25-27(41-28-26(24)42-31(38)33-28)30(37)34(29(25)36)20-11-6-17(2)7-12-20/h4-14,24-25,27H,15H2,1-3H3,(H,32,35)(H,33,38). The Bertz CT molecular complexity index is 1750. The van der Waals surface area contributed by atoms with E-state index >= 15 is 0 Å². The van der Waals surface area contributed by atoms with Gasteiger partial charge in [-0.15, -0.1) is 0 Å². The third-order valence-electron chi connectivity index (χ3n) is 7.36. The number of anilines is 2. The van der Waals surface area contributed by atoms with Crippen LogP contribution in [0.3, 0.4) is 0 Å². The predicted molar refractivity (Wildman–Crippen MR) is 162 cm³/mol. The van der Waals surface area contributed by atoms with Crippen LogP contribution in [0.1, 0.15) is 27.5 Å². The lowest BCUT2D eigenvalue weighted by atomic mass is 9.83. The number of carbonyl (C=O) groups excluding carboxylic acids is 3. The van der Waals surface area contributed by atoms with Gasteiger partial charge in [-0.3, -0.25) is 19.2 Å². The van der Waals surface area contributed by atoms with Crippen molar-refractivity contribution in [1.82, 2.24) is 4.98 Å². The Hall–Kier alpha value is -4.35. The maximum absolute atomic E-state index is 13.9. The summed E-state index contributed by atoms with van der Waals surface area (Å²) in [7, 11) is 1.49. The minimum Gasteiger partial charge on any atom is -0.493 e. The summed E-state index contributed by atoms with van der Waals surface area (Å²) in [4.78, 5) is 57.0. The molecule has 0 bridgehead atoms. The quantitative estimate of drug-likeness (QED) is 0.290. The van der Waals surface area contributed by atoms with Gasteiger partial charge in [0.25, 0.3) is 5.91 Å². The molecule has 1 saturated heterocycles. The molecule has 1 fully saturated rings. The monoisotopic (exact) mass is 601 g/mol. The number of nitrogens with zero attached hydrogens (tertiary/aromatic N) is 1. The molecule has 6 rings (SSSR count). The summed E-state index contributed by atoms with van der Waals surface area (Å²) in [5, 5.41) is 2.69.